The Kier molecular flexibility index (Phi) is 4.93. The predicted molar refractivity (Wildman–Crippen MR) is 66.6 cm³/mol. The van der Waals surface area contributed by atoms with Crippen LogP contribution in [0, 0.1) is 11.8 Å². The fourth-order valence-electron chi connectivity index (χ4n) is 3.40. The number of halogens is 3. The average Bonchev–Trinajstić information content (AvgIpc) is 2.36. The van der Waals surface area contributed by atoms with Crippen molar-refractivity contribution in [3.63, 3.8) is 0 Å². The van der Waals surface area contributed by atoms with E-state index in [1.807, 2.05) is 0 Å². The lowest BCUT2D eigenvalue weighted by molar-refractivity contribution is 0.00490. The summed E-state index contributed by atoms with van der Waals surface area (Å²) in [6.45, 7) is 0. The first-order valence-corrected chi connectivity index (χ1v) is 7.25. The van der Waals surface area contributed by atoms with Gasteiger partial charge in [-0.1, -0.05) is 0 Å². The van der Waals surface area contributed by atoms with E-state index in [-0.39, 0.29) is 12.8 Å². The van der Waals surface area contributed by atoms with Crippen LogP contribution >= 0.6 is 0 Å². The summed E-state index contributed by atoms with van der Waals surface area (Å²) in [5.74, 6) is -0.187. The van der Waals surface area contributed by atoms with Crippen LogP contribution in [0.2, 0.25) is 0 Å². The minimum Gasteiger partial charge on any atom is -0.328 e. The highest BCUT2D eigenvalue weighted by Crippen LogP contribution is 2.37. The normalized spacial score (nSPS) is 46.0. The molecule has 0 aliphatic heterocycles. The van der Waals surface area contributed by atoms with Gasteiger partial charge in [-0.2, -0.15) is 0 Å². The lowest BCUT2D eigenvalue weighted by Gasteiger charge is -2.33. The Morgan fingerprint density at radius 1 is 0.778 bits per heavy atom. The summed E-state index contributed by atoms with van der Waals surface area (Å²) in [5.41, 5.74) is 5.83. The van der Waals surface area contributed by atoms with Gasteiger partial charge >= 0.3 is 0 Å². The Bertz CT molecular complexity index is 253. The quantitative estimate of drug-likeness (QED) is 0.825. The highest BCUT2D eigenvalue weighted by molar-refractivity contribution is 4.88. The third-order valence-corrected chi connectivity index (χ3v) is 4.74. The van der Waals surface area contributed by atoms with Crippen molar-refractivity contribution in [2.45, 2.75) is 75.9 Å². The Morgan fingerprint density at radius 3 is 2.06 bits per heavy atom. The molecule has 0 aromatic rings. The zero-order chi connectivity index (χ0) is 13.1. The zero-order valence-corrected chi connectivity index (χ0v) is 10.8. The molecule has 4 heteroatoms. The molecular weight excluding hydrogens is 239 g/mol. The molecule has 2 rings (SSSR count). The topological polar surface area (TPSA) is 26.0 Å². The van der Waals surface area contributed by atoms with Crippen molar-refractivity contribution < 1.29 is 13.2 Å². The van der Waals surface area contributed by atoms with Crippen LogP contribution in [-0.2, 0) is 0 Å². The second kappa shape index (κ2) is 6.27. The summed E-state index contributed by atoms with van der Waals surface area (Å²) in [6, 6.07) is 0.300. The maximum atomic E-state index is 13.7. The average molecular weight is 263 g/mol. The highest BCUT2D eigenvalue weighted by atomic mass is 19.2. The van der Waals surface area contributed by atoms with Crippen molar-refractivity contribution in [3.05, 3.63) is 0 Å². The molecule has 18 heavy (non-hydrogen) atoms. The SMILES string of the molecule is NC1CCC(CCC2C(F)CCC(F)C2F)CC1. The van der Waals surface area contributed by atoms with Gasteiger partial charge in [0.15, 0.2) is 0 Å². The van der Waals surface area contributed by atoms with Crippen molar-refractivity contribution in [1.82, 2.24) is 0 Å². The Labute approximate surface area is 107 Å². The molecule has 0 amide bonds. The summed E-state index contributed by atoms with van der Waals surface area (Å²) in [7, 11) is 0. The smallest absolute Gasteiger partial charge is 0.137 e. The molecule has 0 aromatic heterocycles. The molecule has 0 heterocycles. The number of nitrogens with two attached hydrogens (primary N) is 1. The minimum absolute atomic E-state index is 0.0388. The molecule has 0 spiro atoms. The zero-order valence-electron chi connectivity index (χ0n) is 10.8. The van der Waals surface area contributed by atoms with Crippen LogP contribution in [-0.4, -0.2) is 24.6 Å². The Morgan fingerprint density at radius 2 is 1.39 bits per heavy atom. The van der Waals surface area contributed by atoms with E-state index in [1.165, 1.54) is 0 Å². The number of rotatable bonds is 3. The third-order valence-electron chi connectivity index (χ3n) is 4.74. The summed E-state index contributed by atoms with van der Waals surface area (Å²) >= 11 is 0. The minimum atomic E-state index is -1.60. The summed E-state index contributed by atoms with van der Waals surface area (Å²) in [6.07, 6.45) is 1.46. The summed E-state index contributed by atoms with van der Waals surface area (Å²) < 4.78 is 40.6. The first-order valence-electron chi connectivity index (χ1n) is 7.25. The van der Waals surface area contributed by atoms with E-state index < -0.39 is 24.4 Å². The van der Waals surface area contributed by atoms with Crippen molar-refractivity contribution in [3.8, 4) is 0 Å². The molecule has 0 saturated heterocycles. The van der Waals surface area contributed by atoms with Gasteiger partial charge in [-0.3, -0.25) is 0 Å². The van der Waals surface area contributed by atoms with E-state index in [0.717, 1.165) is 32.1 Å². The monoisotopic (exact) mass is 263 g/mol. The molecule has 0 aromatic carbocycles. The van der Waals surface area contributed by atoms with E-state index in [1.54, 1.807) is 0 Å². The van der Waals surface area contributed by atoms with Gasteiger partial charge in [-0.15, -0.1) is 0 Å². The van der Waals surface area contributed by atoms with Gasteiger partial charge in [0.25, 0.3) is 0 Å². The van der Waals surface area contributed by atoms with E-state index >= 15 is 0 Å². The molecule has 4 unspecified atom stereocenters. The van der Waals surface area contributed by atoms with Gasteiger partial charge in [0.2, 0.25) is 0 Å². The van der Waals surface area contributed by atoms with Crippen LogP contribution in [0.5, 0.6) is 0 Å². The van der Waals surface area contributed by atoms with Crippen LogP contribution in [0.4, 0.5) is 13.2 Å². The van der Waals surface area contributed by atoms with Crippen molar-refractivity contribution in [2.75, 3.05) is 0 Å². The third kappa shape index (κ3) is 3.40. The molecule has 0 radical (unpaired) electrons. The van der Waals surface area contributed by atoms with Crippen molar-refractivity contribution >= 4 is 0 Å². The molecule has 0 bridgehead atoms. The van der Waals surface area contributed by atoms with E-state index in [4.69, 9.17) is 5.73 Å². The number of hydrogen-bond donors (Lipinski definition) is 1. The van der Waals surface area contributed by atoms with Crippen molar-refractivity contribution in [2.24, 2.45) is 17.6 Å². The summed E-state index contributed by atoms with van der Waals surface area (Å²) in [5, 5.41) is 0. The molecule has 4 atom stereocenters. The fraction of sp³-hybridized carbons (Fsp3) is 1.00. The van der Waals surface area contributed by atoms with Crippen LogP contribution in [0.1, 0.15) is 51.4 Å². The van der Waals surface area contributed by atoms with Crippen LogP contribution < -0.4 is 5.73 Å². The van der Waals surface area contributed by atoms with Gasteiger partial charge in [-0.25, -0.2) is 13.2 Å². The molecule has 2 aliphatic rings. The molecule has 2 fully saturated rings. The van der Waals surface area contributed by atoms with E-state index in [2.05, 4.69) is 0 Å². The maximum Gasteiger partial charge on any atom is 0.137 e. The standard InChI is InChI=1S/C14H24F3N/c15-12-7-8-13(16)14(17)11(12)6-3-9-1-4-10(18)5-2-9/h9-14H,1-8,18H2. The van der Waals surface area contributed by atoms with E-state index in [0.29, 0.717) is 18.4 Å². The first-order chi connectivity index (χ1) is 8.58. The number of hydrogen-bond acceptors (Lipinski definition) is 1. The molecule has 2 saturated carbocycles. The maximum absolute atomic E-state index is 13.7. The first kappa shape index (κ1) is 14.2. The molecule has 1 nitrogen and oxygen atoms in total. The van der Waals surface area contributed by atoms with Gasteiger partial charge in [-0.05, 0) is 57.3 Å². The Hall–Kier alpha value is -0.250. The van der Waals surface area contributed by atoms with Gasteiger partial charge in [0.05, 0.1) is 0 Å². The Balaban J connectivity index is 1.77. The second-order valence-corrected chi connectivity index (χ2v) is 6.08. The van der Waals surface area contributed by atoms with Gasteiger partial charge in [0.1, 0.15) is 18.5 Å². The van der Waals surface area contributed by atoms with Gasteiger partial charge < -0.3 is 5.73 Å². The highest BCUT2D eigenvalue weighted by Gasteiger charge is 2.40. The summed E-state index contributed by atoms with van der Waals surface area (Å²) in [4.78, 5) is 0. The van der Waals surface area contributed by atoms with Gasteiger partial charge in [0, 0.05) is 12.0 Å². The van der Waals surface area contributed by atoms with Crippen LogP contribution in [0.15, 0.2) is 0 Å². The molecule has 2 aliphatic carbocycles. The molecule has 2 N–H and O–H groups in total. The fourth-order valence-corrected chi connectivity index (χ4v) is 3.40. The predicted octanol–water partition coefficient (Wildman–Crippen LogP) is 3.71. The van der Waals surface area contributed by atoms with Crippen LogP contribution in [0.25, 0.3) is 0 Å². The second-order valence-electron chi connectivity index (χ2n) is 6.08. The van der Waals surface area contributed by atoms with E-state index in [9.17, 15) is 13.2 Å². The lowest BCUT2D eigenvalue weighted by atomic mass is 9.77. The lowest BCUT2D eigenvalue weighted by Crippen LogP contribution is -2.39. The number of alkyl halides is 3. The van der Waals surface area contributed by atoms with Crippen LogP contribution in [0.3, 0.4) is 0 Å². The largest absolute Gasteiger partial charge is 0.328 e. The molecule has 106 valence electrons. The van der Waals surface area contributed by atoms with Crippen molar-refractivity contribution in [1.29, 1.82) is 0 Å². The molecular formula is C14H24F3N.